The van der Waals surface area contributed by atoms with E-state index in [9.17, 15) is 4.21 Å². The van der Waals surface area contributed by atoms with E-state index in [1.54, 1.807) is 6.08 Å². The fourth-order valence-electron chi connectivity index (χ4n) is 2.33. The zero-order valence-electron chi connectivity index (χ0n) is 14.9. The maximum Gasteiger partial charge on any atom is 0.265 e. The molecule has 1 N–H and O–H groups in total. The third-order valence-electron chi connectivity index (χ3n) is 3.76. The molecule has 2 rings (SSSR count). The highest BCUT2D eigenvalue weighted by Crippen LogP contribution is 2.31. The lowest BCUT2D eigenvalue weighted by molar-refractivity contribution is 0.221. The Morgan fingerprint density at radius 1 is 1.15 bits per heavy atom. The standard InChI is InChI=1S/C20H20Cl3NO2S/c1-3-17(26-19(24)20(21,22)23)18(13-15-7-5-4-6-8-15)27(25)16-11-9-14(2)10-12-16/h4-13,17,24H,3H2,1-2H3/b18-13+,24-19?/t17-,27-/m0/s1. The number of rotatable bonds is 6. The van der Waals surface area contributed by atoms with Crippen molar-refractivity contribution in [2.45, 2.75) is 35.1 Å². The summed E-state index contributed by atoms with van der Waals surface area (Å²) in [7, 11) is -1.49. The largest absolute Gasteiger partial charge is 0.469 e. The number of aryl methyl sites for hydroxylation is 1. The van der Waals surface area contributed by atoms with Crippen molar-refractivity contribution >= 4 is 57.6 Å². The van der Waals surface area contributed by atoms with E-state index in [1.165, 1.54) is 0 Å². The molecule has 0 saturated carbocycles. The van der Waals surface area contributed by atoms with E-state index in [0.29, 0.717) is 16.2 Å². The first kappa shape index (κ1) is 22.0. The summed E-state index contributed by atoms with van der Waals surface area (Å²) in [6.07, 6.45) is 1.59. The van der Waals surface area contributed by atoms with Gasteiger partial charge in [-0.2, -0.15) is 0 Å². The average molecular weight is 445 g/mol. The zero-order valence-corrected chi connectivity index (χ0v) is 18.0. The molecule has 0 unspecified atom stereocenters. The molecule has 2 atom stereocenters. The van der Waals surface area contributed by atoms with Gasteiger partial charge in [0, 0.05) is 4.90 Å². The Morgan fingerprint density at radius 3 is 2.26 bits per heavy atom. The molecular weight excluding hydrogens is 425 g/mol. The van der Waals surface area contributed by atoms with Gasteiger partial charge in [0.2, 0.25) is 5.90 Å². The van der Waals surface area contributed by atoms with Crippen LogP contribution in [-0.2, 0) is 15.5 Å². The van der Waals surface area contributed by atoms with Crippen molar-refractivity contribution < 1.29 is 8.95 Å². The molecule has 0 aliphatic rings. The molecule has 0 saturated heterocycles. The van der Waals surface area contributed by atoms with E-state index in [4.69, 9.17) is 44.9 Å². The minimum atomic E-state index is -1.98. The fraction of sp³-hybridized carbons (Fsp3) is 0.250. The normalized spacial score (nSPS) is 14.5. The van der Waals surface area contributed by atoms with E-state index in [1.807, 2.05) is 68.4 Å². The molecule has 7 heteroatoms. The third kappa shape index (κ3) is 6.35. The summed E-state index contributed by atoms with van der Waals surface area (Å²) in [6, 6.07) is 16.9. The van der Waals surface area contributed by atoms with Crippen LogP contribution in [0.5, 0.6) is 0 Å². The van der Waals surface area contributed by atoms with Gasteiger partial charge in [-0.15, -0.1) is 0 Å². The number of halogens is 3. The van der Waals surface area contributed by atoms with Crippen LogP contribution in [0.2, 0.25) is 0 Å². The van der Waals surface area contributed by atoms with Crippen molar-refractivity contribution in [2.75, 3.05) is 0 Å². The summed E-state index contributed by atoms with van der Waals surface area (Å²) in [5.74, 6) is -0.501. The van der Waals surface area contributed by atoms with Gasteiger partial charge < -0.3 is 4.74 Å². The SMILES string of the molecule is CC[C@H](OC(=N)C(Cl)(Cl)Cl)/C(=C\c1ccccc1)[S@@](=O)c1ccc(C)cc1. The quantitative estimate of drug-likeness (QED) is 0.323. The molecule has 3 nitrogen and oxygen atoms in total. The number of alkyl halides is 3. The predicted molar refractivity (Wildman–Crippen MR) is 115 cm³/mol. The van der Waals surface area contributed by atoms with Gasteiger partial charge in [-0.05, 0) is 37.1 Å². The maximum absolute atomic E-state index is 13.3. The first-order valence-electron chi connectivity index (χ1n) is 8.30. The Labute approximate surface area is 177 Å². The van der Waals surface area contributed by atoms with Crippen LogP contribution >= 0.6 is 34.8 Å². The number of hydrogen-bond acceptors (Lipinski definition) is 3. The van der Waals surface area contributed by atoms with Crippen molar-refractivity contribution in [2.24, 2.45) is 0 Å². The average Bonchev–Trinajstić information content (AvgIpc) is 2.64. The molecule has 0 aliphatic carbocycles. The van der Waals surface area contributed by atoms with Gasteiger partial charge in [0.1, 0.15) is 6.10 Å². The molecule has 0 aliphatic heterocycles. The molecule has 144 valence electrons. The number of benzene rings is 2. The summed E-state index contributed by atoms with van der Waals surface area (Å²) < 4.78 is 16.9. The molecule has 27 heavy (non-hydrogen) atoms. The summed E-state index contributed by atoms with van der Waals surface area (Å²) in [5, 5.41) is 7.88. The van der Waals surface area contributed by atoms with Gasteiger partial charge >= 0.3 is 0 Å². The van der Waals surface area contributed by atoms with Crippen LogP contribution in [0.15, 0.2) is 64.4 Å². The number of ether oxygens (including phenoxy) is 1. The number of nitrogens with one attached hydrogen (secondary N) is 1. The highest BCUT2D eigenvalue weighted by Gasteiger charge is 2.32. The van der Waals surface area contributed by atoms with E-state index in [2.05, 4.69) is 0 Å². The van der Waals surface area contributed by atoms with Crippen LogP contribution in [0.3, 0.4) is 0 Å². The van der Waals surface area contributed by atoms with Gasteiger partial charge in [-0.1, -0.05) is 89.8 Å². The van der Waals surface area contributed by atoms with Crippen molar-refractivity contribution in [1.29, 1.82) is 5.41 Å². The van der Waals surface area contributed by atoms with Crippen LogP contribution in [0, 0.1) is 12.3 Å². The van der Waals surface area contributed by atoms with Gasteiger partial charge in [-0.25, -0.2) is 4.21 Å². The highest BCUT2D eigenvalue weighted by atomic mass is 35.6. The van der Waals surface area contributed by atoms with Crippen molar-refractivity contribution in [1.82, 2.24) is 0 Å². The van der Waals surface area contributed by atoms with Gasteiger partial charge in [0.05, 0.1) is 15.7 Å². The van der Waals surface area contributed by atoms with Crippen LogP contribution in [0.1, 0.15) is 24.5 Å². The minimum Gasteiger partial charge on any atom is -0.469 e. The molecule has 0 spiro atoms. The monoisotopic (exact) mass is 443 g/mol. The van der Waals surface area contributed by atoms with Gasteiger partial charge in [0.25, 0.3) is 3.79 Å². The van der Waals surface area contributed by atoms with Crippen LogP contribution < -0.4 is 0 Å². The summed E-state index contributed by atoms with van der Waals surface area (Å²) in [5.41, 5.74) is 1.95. The predicted octanol–water partition coefficient (Wildman–Crippen LogP) is 6.29. The lowest BCUT2D eigenvalue weighted by Crippen LogP contribution is -2.29. The zero-order chi connectivity index (χ0) is 20.0. The van der Waals surface area contributed by atoms with Crippen molar-refractivity contribution in [3.05, 3.63) is 70.6 Å². The molecule has 0 heterocycles. The van der Waals surface area contributed by atoms with Crippen LogP contribution in [-0.4, -0.2) is 20.0 Å². The van der Waals surface area contributed by atoms with E-state index < -0.39 is 26.6 Å². The second-order valence-corrected chi connectivity index (χ2v) is 9.64. The Balaban J connectivity index is 2.45. The second kappa shape index (κ2) is 9.74. The fourth-order valence-corrected chi connectivity index (χ4v) is 3.81. The maximum atomic E-state index is 13.3. The van der Waals surface area contributed by atoms with Gasteiger partial charge in [0.15, 0.2) is 0 Å². The molecule has 0 radical (unpaired) electrons. The number of hydrogen-bond donors (Lipinski definition) is 1. The van der Waals surface area contributed by atoms with Crippen molar-refractivity contribution in [3.8, 4) is 0 Å². The third-order valence-corrected chi connectivity index (χ3v) is 5.79. The van der Waals surface area contributed by atoms with Crippen LogP contribution in [0.4, 0.5) is 0 Å². The van der Waals surface area contributed by atoms with E-state index in [0.717, 1.165) is 11.1 Å². The summed E-state index contributed by atoms with van der Waals surface area (Å²) in [6.45, 7) is 3.83. The van der Waals surface area contributed by atoms with E-state index >= 15 is 0 Å². The Hall–Kier alpha value is -1.33. The first-order valence-corrected chi connectivity index (χ1v) is 10.6. The Kier molecular flexibility index (Phi) is 7.92. The molecule has 2 aromatic rings. The van der Waals surface area contributed by atoms with Crippen molar-refractivity contribution in [3.63, 3.8) is 0 Å². The summed E-state index contributed by atoms with van der Waals surface area (Å²) >= 11 is 17.2. The Morgan fingerprint density at radius 2 is 1.74 bits per heavy atom. The smallest absolute Gasteiger partial charge is 0.265 e. The second-order valence-electron chi connectivity index (χ2n) is 5.88. The molecule has 0 fully saturated rings. The minimum absolute atomic E-state index is 0.458. The van der Waals surface area contributed by atoms with Crippen LogP contribution in [0.25, 0.3) is 6.08 Å². The Bertz CT molecular complexity index is 831. The topological polar surface area (TPSA) is 50.1 Å². The molecule has 0 aromatic heterocycles. The van der Waals surface area contributed by atoms with Gasteiger partial charge in [-0.3, -0.25) is 5.41 Å². The lowest BCUT2D eigenvalue weighted by Gasteiger charge is -2.23. The summed E-state index contributed by atoms with van der Waals surface area (Å²) in [4.78, 5) is 1.15. The molecular formula is C20H20Cl3NO2S. The van der Waals surface area contributed by atoms with E-state index in [-0.39, 0.29) is 0 Å². The highest BCUT2D eigenvalue weighted by molar-refractivity contribution is 7.89. The lowest BCUT2D eigenvalue weighted by atomic mass is 10.1. The first-order chi connectivity index (χ1) is 12.7. The molecule has 2 aromatic carbocycles. The molecule has 0 bridgehead atoms. The molecule has 0 amide bonds.